The van der Waals surface area contributed by atoms with Crippen LogP contribution in [0.25, 0.3) is 0 Å². The molecule has 10 heteroatoms. The Balaban J connectivity index is 1.63. The molecule has 8 nitrogen and oxygen atoms in total. The van der Waals surface area contributed by atoms with Gasteiger partial charge in [-0.1, -0.05) is 0 Å². The normalized spacial score (nSPS) is 24.9. The van der Waals surface area contributed by atoms with Crippen LogP contribution in [0.2, 0.25) is 0 Å². The highest BCUT2D eigenvalue weighted by Crippen LogP contribution is 2.33. The highest BCUT2D eigenvalue weighted by Gasteiger charge is 2.29. The van der Waals surface area contributed by atoms with Crippen LogP contribution in [0.4, 0.5) is 0 Å². The standard InChI is InChI=1S/C12H26N2O6P2/c15-21(16)19-9-13-5-1-11(2-6-13)12-3-7-14(8-4-12)10-20-22(17)18/h11-12,15-16,22H,1-10H2,(H,17,18). The van der Waals surface area contributed by atoms with E-state index in [9.17, 15) is 4.57 Å². The number of rotatable bonds is 7. The molecule has 130 valence electrons. The Morgan fingerprint density at radius 3 is 1.82 bits per heavy atom. The van der Waals surface area contributed by atoms with Crippen molar-refractivity contribution in [3.8, 4) is 0 Å². The van der Waals surface area contributed by atoms with Crippen molar-refractivity contribution >= 4 is 16.9 Å². The Labute approximate surface area is 133 Å². The smallest absolute Gasteiger partial charge is 0.328 e. The van der Waals surface area contributed by atoms with Gasteiger partial charge in [0.1, 0.15) is 13.5 Å². The molecule has 22 heavy (non-hydrogen) atoms. The summed E-state index contributed by atoms with van der Waals surface area (Å²) in [6, 6.07) is 0. The molecule has 2 heterocycles. The van der Waals surface area contributed by atoms with Gasteiger partial charge in [-0.3, -0.25) is 23.4 Å². The summed E-state index contributed by atoms with van der Waals surface area (Å²) in [4.78, 5) is 30.4. The van der Waals surface area contributed by atoms with Crippen molar-refractivity contribution in [2.24, 2.45) is 11.8 Å². The predicted octanol–water partition coefficient (Wildman–Crippen LogP) is 0.952. The van der Waals surface area contributed by atoms with Crippen molar-refractivity contribution < 1.29 is 28.3 Å². The van der Waals surface area contributed by atoms with Gasteiger partial charge in [-0.15, -0.1) is 0 Å². The van der Waals surface area contributed by atoms with Gasteiger partial charge in [-0.2, -0.15) is 0 Å². The van der Waals surface area contributed by atoms with Crippen molar-refractivity contribution in [3.63, 3.8) is 0 Å². The van der Waals surface area contributed by atoms with Crippen LogP contribution in [0.5, 0.6) is 0 Å². The fourth-order valence-corrected chi connectivity index (χ4v) is 3.95. The van der Waals surface area contributed by atoms with Gasteiger partial charge in [0, 0.05) is 26.2 Å². The summed E-state index contributed by atoms with van der Waals surface area (Å²) in [5.41, 5.74) is 0. The second kappa shape index (κ2) is 9.62. The Morgan fingerprint density at radius 2 is 1.41 bits per heavy atom. The van der Waals surface area contributed by atoms with E-state index in [1.807, 2.05) is 0 Å². The Kier molecular flexibility index (Phi) is 8.18. The highest BCUT2D eigenvalue weighted by molar-refractivity contribution is 7.39. The van der Waals surface area contributed by atoms with Gasteiger partial charge in [-0.05, 0) is 37.5 Å². The van der Waals surface area contributed by atoms with Crippen LogP contribution in [0.1, 0.15) is 25.7 Å². The van der Waals surface area contributed by atoms with E-state index in [1.165, 1.54) is 0 Å². The summed E-state index contributed by atoms with van der Waals surface area (Å²) in [7, 11) is -5.09. The molecular weight excluding hydrogens is 330 g/mol. The van der Waals surface area contributed by atoms with Crippen LogP contribution in [-0.2, 0) is 13.6 Å². The number of likely N-dealkylation sites (tertiary alicyclic amines) is 2. The van der Waals surface area contributed by atoms with Gasteiger partial charge in [0.25, 0.3) is 0 Å². The van der Waals surface area contributed by atoms with Gasteiger partial charge in [0.2, 0.25) is 0 Å². The van der Waals surface area contributed by atoms with E-state index in [0.717, 1.165) is 51.9 Å². The summed E-state index contributed by atoms with van der Waals surface area (Å²) in [6.45, 7) is 4.25. The van der Waals surface area contributed by atoms with Crippen molar-refractivity contribution in [2.75, 3.05) is 39.6 Å². The first kappa shape index (κ1) is 18.7. The summed E-state index contributed by atoms with van der Waals surface area (Å²) in [5, 5.41) is 0. The number of hydrogen-bond donors (Lipinski definition) is 3. The first-order valence-corrected chi connectivity index (χ1v) is 10.1. The molecule has 1 atom stereocenters. The summed E-state index contributed by atoms with van der Waals surface area (Å²) < 4.78 is 20.2. The lowest BCUT2D eigenvalue weighted by Crippen LogP contribution is -2.41. The third kappa shape index (κ3) is 6.48. The first-order chi connectivity index (χ1) is 10.5. The maximum Gasteiger partial charge on any atom is 0.328 e. The van der Waals surface area contributed by atoms with Gasteiger partial charge in [-0.25, -0.2) is 0 Å². The molecule has 2 saturated heterocycles. The molecule has 2 aliphatic heterocycles. The molecule has 0 amide bonds. The highest BCUT2D eigenvalue weighted by atomic mass is 31.2. The molecule has 0 aromatic rings. The Bertz CT molecular complexity index is 347. The van der Waals surface area contributed by atoms with Gasteiger partial charge in [0.15, 0.2) is 0 Å². The summed E-state index contributed by atoms with van der Waals surface area (Å²) in [5.74, 6) is 1.42. The number of piperidine rings is 2. The Hall–Kier alpha value is 0.380. The summed E-state index contributed by atoms with van der Waals surface area (Å²) in [6.07, 6.45) is 4.44. The third-order valence-electron chi connectivity index (χ3n) is 4.66. The largest absolute Gasteiger partial charge is 0.328 e. The van der Waals surface area contributed by atoms with Crippen LogP contribution in [0.3, 0.4) is 0 Å². The van der Waals surface area contributed by atoms with Crippen molar-refractivity contribution in [3.05, 3.63) is 0 Å². The quantitative estimate of drug-likeness (QED) is 0.580. The molecule has 2 aliphatic rings. The van der Waals surface area contributed by atoms with Gasteiger partial charge < -0.3 is 14.7 Å². The maximum absolute atomic E-state index is 10.6. The van der Waals surface area contributed by atoms with Crippen LogP contribution in [0.15, 0.2) is 0 Å². The molecule has 0 radical (unpaired) electrons. The lowest BCUT2D eigenvalue weighted by Gasteiger charge is -2.39. The van der Waals surface area contributed by atoms with E-state index in [2.05, 4.69) is 9.80 Å². The van der Waals surface area contributed by atoms with E-state index in [1.54, 1.807) is 0 Å². The Morgan fingerprint density at radius 1 is 0.955 bits per heavy atom. The van der Waals surface area contributed by atoms with E-state index < -0.39 is 16.9 Å². The third-order valence-corrected chi connectivity index (χ3v) is 5.38. The van der Waals surface area contributed by atoms with Crippen LogP contribution in [0, 0.1) is 11.8 Å². The molecule has 0 bridgehead atoms. The lowest BCUT2D eigenvalue weighted by atomic mass is 9.79. The fraction of sp³-hybridized carbons (Fsp3) is 1.00. The second-order valence-corrected chi connectivity index (χ2v) is 7.55. The minimum Gasteiger partial charge on any atom is -0.328 e. The number of hydrogen-bond acceptors (Lipinski definition) is 7. The summed E-state index contributed by atoms with van der Waals surface area (Å²) >= 11 is 0. The lowest BCUT2D eigenvalue weighted by molar-refractivity contribution is 0.0370. The molecule has 1 unspecified atom stereocenters. The SMILES string of the molecule is O=[PH](O)OCN1CCC(C2CCN(COP(O)O)CC2)CC1. The van der Waals surface area contributed by atoms with Crippen molar-refractivity contribution in [1.29, 1.82) is 0 Å². The van der Waals surface area contributed by atoms with Crippen LogP contribution in [-0.4, -0.2) is 64.1 Å². The number of nitrogens with zero attached hydrogens (tertiary/aromatic N) is 2. The average molecular weight is 356 g/mol. The topological polar surface area (TPSA) is 103 Å². The second-order valence-electron chi connectivity index (χ2n) is 5.96. The maximum atomic E-state index is 10.6. The molecule has 0 aliphatic carbocycles. The van der Waals surface area contributed by atoms with E-state index >= 15 is 0 Å². The first-order valence-electron chi connectivity index (χ1n) is 7.66. The molecule has 0 spiro atoms. The zero-order chi connectivity index (χ0) is 15.9. The molecule has 0 aromatic carbocycles. The van der Waals surface area contributed by atoms with Crippen LogP contribution < -0.4 is 0 Å². The van der Waals surface area contributed by atoms with Crippen molar-refractivity contribution in [2.45, 2.75) is 25.7 Å². The molecule has 3 N–H and O–H groups in total. The average Bonchev–Trinajstić information content (AvgIpc) is 2.52. The molecule has 0 aromatic heterocycles. The van der Waals surface area contributed by atoms with Gasteiger partial charge >= 0.3 is 16.9 Å². The minimum absolute atomic E-state index is 0.252. The molecule has 2 fully saturated rings. The predicted molar refractivity (Wildman–Crippen MR) is 83.1 cm³/mol. The van der Waals surface area contributed by atoms with Crippen LogP contribution >= 0.6 is 16.9 Å². The van der Waals surface area contributed by atoms with E-state index in [0.29, 0.717) is 18.6 Å². The van der Waals surface area contributed by atoms with Gasteiger partial charge in [0.05, 0.1) is 0 Å². The van der Waals surface area contributed by atoms with E-state index in [4.69, 9.17) is 23.7 Å². The fourth-order valence-electron chi connectivity index (χ4n) is 3.39. The minimum atomic E-state index is -2.83. The zero-order valence-corrected chi connectivity index (χ0v) is 14.5. The molecular formula is C12H26N2O6P2. The van der Waals surface area contributed by atoms with E-state index in [-0.39, 0.29) is 6.73 Å². The van der Waals surface area contributed by atoms with Crippen molar-refractivity contribution in [1.82, 2.24) is 9.80 Å². The molecule has 0 saturated carbocycles. The monoisotopic (exact) mass is 356 g/mol. The molecule has 2 rings (SSSR count). The zero-order valence-electron chi connectivity index (χ0n) is 12.6.